The average molecular weight is 349 g/mol. The third-order valence-electron chi connectivity index (χ3n) is 5.69. The molecule has 0 radical (unpaired) electrons. The second-order valence-corrected chi connectivity index (χ2v) is 7.10. The van der Waals surface area contributed by atoms with Crippen molar-refractivity contribution in [1.29, 1.82) is 0 Å². The van der Waals surface area contributed by atoms with E-state index in [0.29, 0.717) is 19.6 Å². The molecule has 5 nitrogen and oxygen atoms in total. The molecule has 2 saturated heterocycles. The summed E-state index contributed by atoms with van der Waals surface area (Å²) in [6.45, 7) is 7.60. The summed E-state index contributed by atoms with van der Waals surface area (Å²) in [6.07, 6.45) is 1.63. The third kappa shape index (κ3) is 3.37. The van der Waals surface area contributed by atoms with Crippen LogP contribution in [0.15, 0.2) is 24.3 Å². The Kier molecular flexibility index (Phi) is 5.29. The number of halogens is 1. The number of aliphatic hydroxyl groups excluding tert-OH is 1. The largest absolute Gasteiger partial charge is 0.391 e. The number of likely N-dealkylation sites (tertiary alicyclic amines) is 1. The summed E-state index contributed by atoms with van der Waals surface area (Å²) in [6, 6.07) is 6.38. The zero-order valence-electron chi connectivity index (χ0n) is 15.1. The minimum atomic E-state index is -0.572. The van der Waals surface area contributed by atoms with Crippen molar-refractivity contribution in [3.63, 3.8) is 0 Å². The van der Waals surface area contributed by atoms with Crippen molar-refractivity contribution in [2.24, 2.45) is 0 Å². The maximum Gasteiger partial charge on any atom is 0.250 e. The van der Waals surface area contributed by atoms with Crippen LogP contribution in [-0.2, 0) is 4.79 Å². The number of hydrogen-bond acceptors (Lipinski definition) is 4. The molecule has 0 saturated carbocycles. The summed E-state index contributed by atoms with van der Waals surface area (Å²) in [5.74, 6) is -0.178. The molecule has 1 atom stereocenters. The monoisotopic (exact) mass is 349 g/mol. The van der Waals surface area contributed by atoms with Crippen molar-refractivity contribution < 1.29 is 14.3 Å². The highest BCUT2D eigenvalue weighted by molar-refractivity contribution is 5.93. The minimum Gasteiger partial charge on any atom is -0.391 e. The van der Waals surface area contributed by atoms with Gasteiger partial charge in [-0.2, -0.15) is 0 Å². The first-order chi connectivity index (χ1) is 12.0. The smallest absolute Gasteiger partial charge is 0.250 e. The third-order valence-corrected chi connectivity index (χ3v) is 5.69. The summed E-state index contributed by atoms with van der Waals surface area (Å²) in [5, 5.41) is 10.0. The first-order valence-corrected chi connectivity index (χ1v) is 9.23. The number of anilines is 1. The van der Waals surface area contributed by atoms with Crippen molar-refractivity contribution in [2.45, 2.75) is 44.8 Å². The molecule has 0 aliphatic carbocycles. The molecule has 3 rings (SSSR count). The van der Waals surface area contributed by atoms with Gasteiger partial charge in [0, 0.05) is 25.3 Å². The van der Waals surface area contributed by atoms with Gasteiger partial charge in [-0.3, -0.25) is 4.79 Å². The van der Waals surface area contributed by atoms with Gasteiger partial charge in [0.1, 0.15) is 11.4 Å². The molecule has 2 aliphatic rings. The minimum absolute atomic E-state index is 0.0973. The number of benzene rings is 1. The summed E-state index contributed by atoms with van der Waals surface area (Å²) in [4.78, 5) is 19.5. The molecule has 1 amide bonds. The molecule has 1 aromatic rings. The highest BCUT2D eigenvalue weighted by atomic mass is 19.1. The number of amides is 1. The topological polar surface area (TPSA) is 47.0 Å². The lowest BCUT2D eigenvalue weighted by atomic mass is 9.85. The molecule has 1 aromatic carbocycles. The summed E-state index contributed by atoms with van der Waals surface area (Å²) in [7, 11) is 0. The Morgan fingerprint density at radius 1 is 1.20 bits per heavy atom. The predicted octanol–water partition coefficient (Wildman–Crippen LogP) is 2.06. The fourth-order valence-electron chi connectivity index (χ4n) is 3.98. The summed E-state index contributed by atoms with van der Waals surface area (Å²) < 4.78 is 13.3. The van der Waals surface area contributed by atoms with Gasteiger partial charge in [0.2, 0.25) is 5.91 Å². The number of aliphatic hydroxyl groups is 1. The van der Waals surface area contributed by atoms with E-state index in [4.69, 9.17) is 0 Å². The zero-order valence-corrected chi connectivity index (χ0v) is 15.1. The number of rotatable bonds is 5. The van der Waals surface area contributed by atoms with Gasteiger partial charge in [0.25, 0.3) is 0 Å². The van der Waals surface area contributed by atoms with Gasteiger partial charge in [-0.05, 0) is 50.1 Å². The van der Waals surface area contributed by atoms with Crippen LogP contribution in [0.25, 0.3) is 0 Å². The van der Waals surface area contributed by atoms with Crippen molar-refractivity contribution in [3.05, 3.63) is 30.1 Å². The average Bonchev–Trinajstić information content (AvgIpc) is 2.89. The highest BCUT2D eigenvalue weighted by Crippen LogP contribution is 2.39. The van der Waals surface area contributed by atoms with Crippen LogP contribution in [0.5, 0.6) is 0 Å². The molecular weight excluding hydrogens is 321 g/mol. The van der Waals surface area contributed by atoms with E-state index in [1.165, 1.54) is 12.1 Å². The van der Waals surface area contributed by atoms with Crippen LogP contribution < -0.4 is 4.90 Å². The van der Waals surface area contributed by atoms with E-state index in [-0.39, 0.29) is 11.7 Å². The molecule has 2 fully saturated rings. The normalized spacial score (nSPS) is 22.0. The van der Waals surface area contributed by atoms with Crippen LogP contribution in [0.1, 0.15) is 33.1 Å². The number of β-amino-alcohol motifs (C(OH)–C–C–N with tert-alkyl or cyclic N) is 1. The fraction of sp³-hybridized carbons (Fsp3) is 0.632. The highest BCUT2D eigenvalue weighted by Gasteiger charge is 2.53. The number of carbonyl (C=O) groups excluding carboxylic acids is 1. The number of carbonyl (C=O) groups is 1. The second-order valence-electron chi connectivity index (χ2n) is 7.10. The molecule has 2 aliphatic heterocycles. The number of nitrogens with zero attached hydrogens (tertiary/aromatic N) is 3. The Morgan fingerprint density at radius 2 is 1.84 bits per heavy atom. The maximum absolute atomic E-state index is 13.3. The Labute approximate surface area is 149 Å². The van der Waals surface area contributed by atoms with Crippen LogP contribution >= 0.6 is 0 Å². The molecule has 6 heteroatoms. The van der Waals surface area contributed by atoms with Crippen molar-refractivity contribution >= 4 is 11.6 Å². The van der Waals surface area contributed by atoms with Crippen LogP contribution in [0, 0.1) is 5.82 Å². The van der Waals surface area contributed by atoms with Crippen LogP contribution in [-0.4, -0.2) is 65.3 Å². The predicted molar refractivity (Wildman–Crippen MR) is 95.8 cm³/mol. The Balaban J connectivity index is 1.89. The Morgan fingerprint density at radius 3 is 2.40 bits per heavy atom. The van der Waals surface area contributed by atoms with E-state index in [1.54, 1.807) is 17.0 Å². The SMILES string of the molecule is CCC(O)CN1CN(c2ccc(F)cc2)C2(CCN(CC)CC2)C1=O. The molecule has 1 unspecified atom stereocenters. The number of hydrogen-bond donors (Lipinski definition) is 1. The fourth-order valence-corrected chi connectivity index (χ4v) is 3.98. The van der Waals surface area contributed by atoms with E-state index < -0.39 is 11.6 Å². The number of piperidine rings is 1. The van der Waals surface area contributed by atoms with Crippen LogP contribution in [0.2, 0.25) is 0 Å². The lowest BCUT2D eigenvalue weighted by molar-refractivity contribution is -0.134. The lowest BCUT2D eigenvalue weighted by Crippen LogP contribution is -2.56. The van der Waals surface area contributed by atoms with Crippen molar-refractivity contribution in [3.8, 4) is 0 Å². The van der Waals surface area contributed by atoms with Crippen LogP contribution in [0.4, 0.5) is 10.1 Å². The molecular formula is C19H28FN3O2. The van der Waals surface area contributed by atoms with Crippen molar-refractivity contribution in [1.82, 2.24) is 9.80 Å². The maximum atomic E-state index is 13.3. The molecule has 138 valence electrons. The zero-order chi connectivity index (χ0) is 18.0. The first kappa shape index (κ1) is 18.1. The van der Waals surface area contributed by atoms with Gasteiger partial charge < -0.3 is 19.8 Å². The summed E-state index contributed by atoms with van der Waals surface area (Å²) >= 11 is 0. The van der Waals surface area contributed by atoms with E-state index in [9.17, 15) is 14.3 Å². The van der Waals surface area contributed by atoms with Gasteiger partial charge in [-0.15, -0.1) is 0 Å². The molecule has 0 aromatic heterocycles. The van der Waals surface area contributed by atoms with E-state index in [1.807, 2.05) is 6.92 Å². The van der Waals surface area contributed by atoms with E-state index in [0.717, 1.165) is 38.2 Å². The van der Waals surface area contributed by atoms with Gasteiger partial charge in [0.05, 0.1) is 12.8 Å². The second kappa shape index (κ2) is 7.30. The standard InChI is InChI=1S/C19H28FN3O2/c1-3-17(24)13-22-14-23(16-7-5-15(20)6-8-16)19(18(22)25)9-11-21(4-2)12-10-19/h5-8,17,24H,3-4,9-14H2,1-2H3. The molecule has 0 bridgehead atoms. The lowest BCUT2D eigenvalue weighted by Gasteiger charge is -2.43. The van der Waals surface area contributed by atoms with Gasteiger partial charge in [-0.1, -0.05) is 13.8 Å². The van der Waals surface area contributed by atoms with Gasteiger partial charge >= 0.3 is 0 Å². The van der Waals surface area contributed by atoms with Gasteiger partial charge in [-0.25, -0.2) is 4.39 Å². The van der Waals surface area contributed by atoms with Crippen molar-refractivity contribution in [2.75, 3.05) is 37.7 Å². The molecule has 1 spiro atoms. The molecule has 25 heavy (non-hydrogen) atoms. The quantitative estimate of drug-likeness (QED) is 0.884. The van der Waals surface area contributed by atoms with E-state index >= 15 is 0 Å². The van der Waals surface area contributed by atoms with E-state index in [2.05, 4.69) is 16.7 Å². The molecule has 2 heterocycles. The Hall–Kier alpha value is -1.66. The van der Waals surface area contributed by atoms with Gasteiger partial charge in [0.15, 0.2) is 0 Å². The summed E-state index contributed by atoms with van der Waals surface area (Å²) in [5.41, 5.74) is 0.296. The van der Waals surface area contributed by atoms with Crippen LogP contribution in [0.3, 0.4) is 0 Å². The molecule has 1 N–H and O–H groups in total. The first-order valence-electron chi connectivity index (χ1n) is 9.23. The Bertz CT molecular complexity index is 599.